The molecule has 0 bridgehead atoms. The van der Waals surface area contributed by atoms with Gasteiger partial charge in [-0.1, -0.05) is 41.4 Å². The van der Waals surface area contributed by atoms with Gasteiger partial charge < -0.3 is 14.7 Å². The Bertz CT molecular complexity index is 1230. The van der Waals surface area contributed by atoms with Crippen LogP contribution >= 0.6 is 23.2 Å². The highest BCUT2D eigenvalue weighted by atomic mass is 35.5. The topological polar surface area (TPSA) is 79.7 Å². The maximum absolute atomic E-state index is 13.1. The van der Waals surface area contributed by atoms with Crippen molar-refractivity contribution in [3.8, 4) is 5.75 Å². The smallest absolute Gasteiger partial charge is 0.295 e. The normalized spacial score (nSPS) is 17.4. The summed E-state index contributed by atoms with van der Waals surface area (Å²) in [6, 6.07) is 14.3. The number of nitrogens with zero attached hydrogens (tertiary/aromatic N) is 2. The number of benzene rings is 2. The molecule has 2 aromatic carbocycles. The summed E-state index contributed by atoms with van der Waals surface area (Å²) in [5.74, 6) is -1.42. The van der Waals surface area contributed by atoms with Gasteiger partial charge >= 0.3 is 0 Å². The number of aliphatic hydroxyl groups excluding tert-OH is 1. The van der Waals surface area contributed by atoms with Crippen LogP contribution in [-0.2, 0) is 16.1 Å². The predicted octanol–water partition coefficient (Wildman–Crippen LogP) is 5.41. The Morgan fingerprint density at radius 3 is 2.55 bits per heavy atom. The zero-order valence-corrected chi connectivity index (χ0v) is 19.2. The van der Waals surface area contributed by atoms with Gasteiger partial charge in [0.1, 0.15) is 11.5 Å². The molecule has 1 amide bonds. The summed E-state index contributed by atoms with van der Waals surface area (Å²) in [6.07, 6.45) is 3.26. The van der Waals surface area contributed by atoms with Gasteiger partial charge in [-0.2, -0.15) is 0 Å². The van der Waals surface area contributed by atoms with Crippen molar-refractivity contribution in [3.05, 3.63) is 99.3 Å². The van der Waals surface area contributed by atoms with Gasteiger partial charge in [0.15, 0.2) is 0 Å². The maximum atomic E-state index is 13.1. The molecule has 0 aliphatic carbocycles. The highest BCUT2D eigenvalue weighted by molar-refractivity contribution is 6.46. The Kier molecular flexibility index (Phi) is 6.67. The number of hydrogen-bond donors (Lipinski definition) is 1. The number of halogens is 2. The van der Waals surface area contributed by atoms with Crippen molar-refractivity contribution in [3.63, 3.8) is 0 Å². The highest BCUT2D eigenvalue weighted by Crippen LogP contribution is 2.41. The third-order valence-electron chi connectivity index (χ3n) is 5.31. The summed E-state index contributed by atoms with van der Waals surface area (Å²) in [7, 11) is 0. The number of ether oxygens (including phenoxy) is 1. The first kappa shape index (κ1) is 22.8. The Hall–Kier alpha value is -3.35. The third kappa shape index (κ3) is 4.58. The van der Waals surface area contributed by atoms with Crippen LogP contribution in [0.4, 0.5) is 0 Å². The molecule has 2 heterocycles. The van der Waals surface area contributed by atoms with Crippen LogP contribution in [0.15, 0.2) is 72.6 Å². The van der Waals surface area contributed by atoms with E-state index in [2.05, 4.69) is 4.98 Å². The molecule has 168 valence electrons. The monoisotopic (exact) mass is 482 g/mol. The Morgan fingerprint density at radius 2 is 1.88 bits per heavy atom. The minimum Gasteiger partial charge on any atom is -0.507 e. The number of carbonyl (C=O) groups excluding carboxylic acids is 2. The predicted molar refractivity (Wildman–Crippen MR) is 126 cm³/mol. The van der Waals surface area contributed by atoms with Crippen molar-refractivity contribution >= 4 is 40.7 Å². The molecular weight excluding hydrogens is 463 g/mol. The first-order valence-corrected chi connectivity index (χ1v) is 11.0. The van der Waals surface area contributed by atoms with Crippen LogP contribution in [0, 0.1) is 0 Å². The van der Waals surface area contributed by atoms with Crippen LogP contribution in [-0.4, -0.2) is 33.3 Å². The molecule has 1 atom stereocenters. The lowest BCUT2D eigenvalue weighted by atomic mass is 9.95. The number of ketones is 1. The molecule has 4 rings (SSSR count). The fourth-order valence-electron chi connectivity index (χ4n) is 3.80. The number of aliphatic hydroxyl groups is 1. The van der Waals surface area contributed by atoms with Gasteiger partial charge in [-0.3, -0.25) is 14.6 Å². The molecule has 0 radical (unpaired) electrons. The summed E-state index contributed by atoms with van der Waals surface area (Å²) in [5, 5.41) is 12.1. The van der Waals surface area contributed by atoms with E-state index in [9.17, 15) is 14.7 Å². The van der Waals surface area contributed by atoms with Crippen LogP contribution in [0.1, 0.15) is 29.7 Å². The van der Waals surface area contributed by atoms with Crippen molar-refractivity contribution in [2.75, 3.05) is 6.61 Å². The quantitative estimate of drug-likeness (QED) is 0.288. The van der Waals surface area contributed by atoms with E-state index in [1.807, 2.05) is 13.0 Å². The van der Waals surface area contributed by atoms with Crippen LogP contribution in [0.2, 0.25) is 10.0 Å². The van der Waals surface area contributed by atoms with E-state index >= 15 is 0 Å². The summed E-state index contributed by atoms with van der Waals surface area (Å²) in [4.78, 5) is 31.7. The summed E-state index contributed by atoms with van der Waals surface area (Å²) >= 11 is 12.2. The number of Topliss-reactive ketones (excluding diaryl/α,β-unsaturated/α-hetero) is 1. The van der Waals surface area contributed by atoms with Gasteiger partial charge in [0, 0.05) is 29.5 Å². The number of rotatable bonds is 6. The third-order valence-corrected chi connectivity index (χ3v) is 5.87. The van der Waals surface area contributed by atoms with E-state index in [4.69, 9.17) is 27.9 Å². The summed E-state index contributed by atoms with van der Waals surface area (Å²) in [5.41, 5.74) is 1.70. The van der Waals surface area contributed by atoms with Crippen LogP contribution in [0.3, 0.4) is 0 Å². The zero-order chi connectivity index (χ0) is 23.5. The van der Waals surface area contributed by atoms with E-state index < -0.39 is 17.7 Å². The average Bonchev–Trinajstić information content (AvgIpc) is 3.06. The fraction of sp³-hybridized carbons (Fsp3) is 0.160. The first-order chi connectivity index (χ1) is 15.9. The molecule has 6 nitrogen and oxygen atoms in total. The lowest BCUT2D eigenvalue weighted by Gasteiger charge is -2.25. The molecule has 1 saturated heterocycles. The SMILES string of the molecule is CCOc1cc(/C(O)=C2/C(=O)C(=O)N(Cc3cccnc3)C2c2ccc(Cl)cc2)ccc1Cl. The molecule has 1 fully saturated rings. The van der Waals surface area contributed by atoms with Gasteiger partial charge in [0.25, 0.3) is 11.7 Å². The van der Waals surface area contributed by atoms with Gasteiger partial charge in [0.2, 0.25) is 0 Å². The largest absolute Gasteiger partial charge is 0.507 e. The molecule has 0 saturated carbocycles. The van der Waals surface area contributed by atoms with Crippen molar-refractivity contribution in [2.45, 2.75) is 19.5 Å². The summed E-state index contributed by atoms with van der Waals surface area (Å²) < 4.78 is 5.51. The van der Waals surface area contributed by atoms with E-state index in [0.29, 0.717) is 33.5 Å². The Balaban J connectivity index is 1.86. The minimum absolute atomic E-state index is 0.0176. The van der Waals surface area contributed by atoms with E-state index in [1.54, 1.807) is 60.9 Å². The van der Waals surface area contributed by atoms with Gasteiger partial charge in [0.05, 0.1) is 23.2 Å². The number of aromatic nitrogens is 1. The second kappa shape index (κ2) is 9.65. The van der Waals surface area contributed by atoms with Gasteiger partial charge in [-0.25, -0.2) is 0 Å². The van der Waals surface area contributed by atoms with E-state index in [0.717, 1.165) is 5.56 Å². The Morgan fingerprint density at radius 1 is 1.12 bits per heavy atom. The van der Waals surface area contributed by atoms with Gasteiger partial charge in [-0.05, 0) is 54.4 Å². The lowest BCUT2D eigenvalue weighted by Crippen LogP contribution is -2.29. The molecule has 3 aromatic rings. The number of carbonyl (C=O) groups is 2. The number of hydrogen-bond acceptors (Lipinski definition) is 5. The van der Waals surface area contributed by atoms with Gasteiger partial charge in [-0.15, -0.1) is 0 Å². The molecular formula is C25H20Cl2N2O4. The Labute approximate surface area is 201 Å². The fourth-order valence-corrected chi connectivity index (χ4v) is 4.09. The number of likely N-dealkylation sites (tertiary alicyclic amines) is 1. The molecule has 1 N–H and O–H groups in total. The molecule has 0 spiro atoms. The zero-order valence-electron chi connectivity index (χ0n) is 17.7. The molecule has 1 aliphatic rings. The lowest BCUT2D eigenvalue weighted by molar-refractivity contribution is -0.140. The molecule has 1 aliphatic heterocycles. The van der Waals surface area contributed by atoms with Crippen molar-refractivity contribution in [1.29, 1.82) is 0 Å². The van der Waals surface area contributed by atoms with Crippen LogP contribution < -0.4 is 4.74 Å². The molecule has 1 unspecified atom stereocenters. The van der Waals surface area contributed by atoms with E-state index in [-0.39, 0.29) is 17.9 Å². The average molecular weight is 483 g/mol. The number of amides is 1. The van der Waals surface area contributed by atoms with Crippen LogP contribution in [0.25, 0.3) is 5.76 Å². The van der Waals surface area contributed by atoms with Crippen molar-refractivity contribution < 1.29 is 19.4 Å². The summed E-state index contributed by atoms with van der Waals surface area (Å²) in [6.45, 7) is 2.34. The van der Waals surface area contributed by atoms with E-state index in [1.165, 1.54) is 4.90 Å². The molecule has 33 heavy (non-hydrogen) atoms. The minimum atomic E-state index is -0.811. The van der Waals surface area contributed by atoms with Crippen molar-refractivity contribution in [2.24, 2.45) is 0 Å². The highest BCUT2D eigenvalue weighted by Gasteiger charge is 2.46. The number of pyridine rings is 1. The first-order valence-electron chi connectivity index (χ1n) is 10.3. The standard InChI is InChI=1S/C25H20Cl2N2O4/c1-2-33-20-12-17(7-10-19(20)27)23(30)21-22(16-5-8-18(26)9-6-16)29(25(32)24(21)31)14-15-4-3-11-28-13-15/h3-13,22,30H,2,14H2,1H3/b23-21-. The second-order valence-electron chi connectivity index (χ2n) is 7.42. The molecule has 8 heteroatoms. The van der Waals surface area contributed by atoms with Crippen molar-refractivity contribution in [1.82, 2.24) is 9.88 Å². The second-order valence-corrected chi connectivity index (χ2v) is 8.26. The maximum Gasteiger partial charge on any atom is 0.295 e. The molecule has 1 aromatic heterocycles. The van der Waals surface area contributed by atoms with Crippen LogP contribution in [0.5, 0.6) is 5.75 Å².